The van der Waals surface area contributed by atoms with Gasteiger partial charge in [0, 0.05) is 17.5 Å². The fourth-order valence-electron chi connectivity index (χ4n) is 3.08. The number of hydrogen-bond donors (Lipinski definition) is 1. The van der Waals surface area contributed by atoms with Crippen LogP contribution in [0.5, 0.6) is 0 Å². The maximum absolute atomic E-state index is 13.7. The largest absolute Gasteiger partial charge is 0.464 e. The number of hydrogen-bond acceptors (Lipinski definition) is 2. The third-order valence-corrected chi connectivity index (χ3v) is 4.05. The molecule has 1 fully saturated rings. The number of benzene rings is 1. The Labute approximate surface area is 106 Å². The summed E-state index contributed by atoms with van der Waals surface area (Å²) in [6.45, 7) is 6.39. The number of furan rings is 1. The van der Waals surface area contributed by atoms with E-state index >= 15 is 0 Å². The second kappa shape index (κ2) is 4.09. The summed E-state index contributed by atoms with van der Waals surface area (Å²) in [6.07, 6.45) is 2.66. The quantitative estimate of drug-likeness (QED) is 0.831. The van der Waals surface area contributed by atoms with Crippen molar-refractivity contribution in [1.29, 1.82) is 0 Å². The molecule has 3 rings (SSSR count). The Hall–Kier alpha value is -1.35. The summed E-state index contributed by atoms with van der Waals surface area (Å²) in [4.78, 5) is 0. The molecule has 0 saturated carbocycles. The minimum absolute atomic E-state index is 0.117. The molecular weight excluding hydrogens is 229 g/mol. The summed E-state index contributed by atoms with van der Waals surface area (Å²) in [5.41, 5.74) is 1.98. The molecule has 96 valence electrons. The van der Waals surface area contributed by atoms with Gasteiger partial charge in [-0.3, -0.25) is 0 Å². The maximum atomic E-state index is 13.7. The molecule has 1 aliphatic heterocycles. The zero-order chi connectivity index (χ0) is 12.8. The molecule has 0 aliphatic carbocycles. The highest BCUT2D eigenvalue weighted by molar-refractivity contribution is 5.81. The molecule has 0 radical (unpaired) electrons. The zero-order valence-electron chi connectivity index (χ0n) is 10.8. The summed E-state index contributed by atoms with van der Waals surface area (Å²) in [7, 11) is 0. The van der Waals surface area contributed by atoms with Crippen molar-refractivity contribution in [3.8, 4) is 0 Å². The van der Waals surface area contributed by atoms with Crippen LogP contribution in [0.4, 0.5) is 4.39 Å². The van der Waals surface area contributed by atoms with Gasteiger partial charge in [-0.1, -0.05) is 13.8 Å². The van der Waals surface area contributed by atoms with E-state index in [1.54, 1.807) is 12.3 Å². The molecule has 1 aliphatic rings. The van der Waals surface area contributed by atoms with E-state index < -0.39 is 0 Å². The van der Waals surface area contributed by atoms with Crippen LogP contribution < -0.4 is 5.32 Å². The SMILES string of the molecule is CC1(C)CNCCC1c1cc(F)cc2ccoc12. The average Bonchev–Trinajstić information content (AvgIpc) is 2.75. The number of rotatable bonds is 1. The van der Waals surface area contributed by atoms with Crippen molar-refractivity contribution in [1.82, 2.24) is 5.32 Å². The minimum atomic E-state index is -0.173. The van der Waals surface area contributed by atoms with Crippen molar-refractivity contribution in [3.63, 3.8) is 0 Å². The van der Waals surface area contributed by atoms with E-state index in [2.05, 4.69) is 19.2 Å². The molecular formula is C15H18FNO. The maximum Gasteiger partial charge on any atom is 0.137 e. The van der Waals surface area contributed by atoms with Crippen molar-refractivity contribution in [2.24, 2.45) is 5.41 Å². The molecule has 2 heterocycles. The van der Waals surface area contributed by atoms with E-state index in [1.165, 1.54) is 6.07 Å². The van der Waals surface area contributed by atoms with Crippen LogP contribution in [-0.2, 0) is 0 Å². The number of halogens is 1. The summed E-state index contributed by atoms with van der Waals surface area (Å²) >= 11 is 0. The molecule has 18 heavy (non-hydrogen) atoms. The average molecular weight is 247 g/mol. The van der Waals surface area contributed by atoms with Crippen molar-refractivity contribution < 1.29 is 8.81 Å². The van der Waals surface area contributed by atoms with Gasteiger partial charge in [0.25, 0.3) is 0 Å². The standard InChI is InChI=1S/C15H18FNO/c1-15(2)9-17-5-3-13(15)12-8-11(16)7-10-4-6-18-14(10)12/h4,6-8,13,17H,3,5,9H2,1-2H3. The van der Waals surface area contributed by atoms with Crippen LogP contribution in [0.25, 0.3) is 11.0 Å². The Balaban J connectivity index is 2.15. The second-order valence-corrected chi connectivity index (χ2v) is 5.84. The van der Waals surface area contributed by atoms with Crippen LogP contribution in [0.1, 0.15) is 31.7 Å². The molecule has 0 amide bonds. The van der Waals surface area contributed by atoms with Crippen molar-refractivity contribution in [2.45, 2.75) is 26.2 Å². The van der Waals surface area contributed by atoms with Crippen molar-refractivity contribution >= 4 is 11.0 Å². The third-order valence-electron chi connectivity index (χ3n) is 4.05. The van der Waals surface area contributed by atoms with Gasteiger partial charge in [-0.25, -0.2) is 4.39 Å². The summed E-state index contributed by atoms with van der Waals surface area (Å²) in [6, 6.07) is 5.01. The number of nitrogens with one attached hydrogen (secondary N) is 1. The molecule has 1 atom stereocenters. The highest BCUT2D eigenvalue weighted by Gasteiger charge is 2.35. The van der Waals surface area contributed by atoms with Gasteiger partial charge in [-0.2, -0.15) is 0 Å². The lowest BCUT2D eigenvalue weighted by Gasteiger charge is -2.39. The number of piperidine rings is 1. The lowest BCUT2D eigenvalue weighted by atomic mass is 9.71. The van der Waals surface area contributed by atoms with Gasteiger partial charge >= 0.3 is 0 Å². The van der Waals surface area contributed by atoms with Crippen LogP contribution in [0.2, 0.25) is 0 Å². The van der Waals surface area contributed by atoms with Gasteiger partial charge in [0.1, 0.15) is 11.4 Å². The number of fused-ring (bicyclic) bond motifs is 1. The predicted octanol–water partition coefficient (Wildman–Crippen LogP) is 3.68. The Bertz CT molecular complexity index is 573. The van der Waals surface area contributed by atoms with Crippen LogP contribution in [-0.4, -0.2) is 13.1 Å². The van der Waals surface area contributed by atoms with E-state index in [-0.39, 0.29) is 11.2 Å². The topological polar surface area (TPSA) is 25.2 Å². The van der Waals surface area contributed by atoms with Crippen molar-refractivity contribution in [2.75, 3.05) is 13.1 Å². The van der Waals surface area contributed by atoms with E-state index in [9.17, 15) is 4.39 Å². The zero-order valence-corrected chi connectivity index (χ0v) is 10.8. The van der Waals surface area contributed by atoms with Gasteiger partial charge in [-0.15, -0.1) is 0 Å². The van der Waals surface area contributed by atoms with Crippen LogP contribution in [0, 0.1) is 11.2 Å². The first kappa shape index (κ1) is 11.7. The molecule has 0 spiro atoms. The Morgan fingerprint density at radius 1 is 1.39 bits per heavy atom. The smallest absolute Gasteiger partial charge is 0.137 e. The molecule has 1 saturated heterocycles. The fraction of sp³-hybridized carbons (Fsp3) is 0.467. The lowest BCUT2D eigenvalue weighted by molar-refractivity contribution is 0.219. The molecule has 1 aromatic heterocycles. The highest BCUT2D eigenvalue weighted by Crippen LogP contribution is 2.42. The second-order valence-electron chi connectivity index (χ2n) is 5.84. The molecule has 2 aromatic rings. The molecule has 0 bridgehead atoms. The monoisotopic (exact) mass is 247 g/mol. The highest BCUT2D eigenvalue weighted by atomic mass is 19.1. The van der Waals surface area contributed by atoms with E-state index in [4.69, 9.17) is 4.42 Å². The van der Waals surface area contributed by atoms with Crippen LogP contribution in [0.3, 0.4) is 0 Å². The molecule has 1 N–H and O–H groups in total. The minimum Gasteiger partial charge on any atom is -0.464 e. The van der Waals surface area contributed by atoms with E-state index in [0.29, 0.717) is 5.92 Å². The first-order chi connectivity index (χ1) is 8.58. The molecule has 3 heteroatoms. The molecule has 1 aromatic carbocycles. The first-order valence-electron chi connectivity index (χ1n) is 6.45. The van der Waals surface area contributed by atoms with E-state index in [1.807, 2.05) is 6.07 Å². The first-order valence-corrected chi connectivity index (χ1v) is 6.45. The van der Waals surface area contributed by atoms with E-state index in [0.717, 1.165) is 36.0 Å². The normalized spacial score (nSPS) is 23.4. The van der Waals surface area contributed by atoms with Crippen molar-refractivity contribution in [3.05, 3.63) is 35.8 Å². The Morgan fingerprint density at radius 2 is 2.22 bits per heavy atom. The summed E-state index contributed by atoms with van der Waals surface area (Å²) in [5.74, 6) is 0.163. The van der Waals surface area contributed by atoms with Crippen LogP contribution in [0.15, 0.2) is 28.9 Å². The molecule has 1 unspecified atom stereocenters. The van der Waals surface area contributed by atoms with Gasteiger partial charge in [0.2, 0.25) is 0 Å². The Kier molecular flexibility index (Phi) is 2.67. The fourth-order valence-corrected chi connectivity index (χ4v) is 3.08. The third kappa shape index (κ3) is 1.83. The Morgan fingerprint density at radius 3 is 3.00 bits per heavy atom. The van der Waals surface area contributed by atoms with Gasteiger partial charge in [-0.05, 0) is 42.5 Å². The summed E-state index contributed by atoms with van der Waals surface area (Å²) in [5, 5.41) is 4.27. The molecule has 2 nitrogen and oxygen atoms in total. The lowest BCUT2D eigenvalue weighted by Crippen LogP contribution is -2.41. The van der Waals surface area contributed by atoms with Crippen LogP contribution >= 0.6 is 0 Å². The van der Waals surface area contributed by atoms with Gasteiger partial charge in [0.05, 0.1) is 6.26 Å². The summed E-state index contributed by atoms with van der Waals surface area (Å²) < 4.78 is 19.3. The van der Waals surface area contributed by atoms with Gasteiger partial charge in [0.15, 0.2) is 0 Å². The predicted molar refractivity (Wildman–Crippen MR) is 70.2 cm³/mol. The van der Waals surface area contributed by atoms with Gasteiger partial charge < -0.3 is 9.73 Å².